The lowest BCUT2D eigenvalue weighted by atomic mass is 10.2. The maximum Gasteiger partial charge on any atom is 0.331 e. The van der Waals surface area contributed by atoms with Gasteiger partial charge in [0.25, 0.3) is 0 Å². The Balaban J connectivity index is 1.32. The summed E-state index contributed by atoms with van der Waals surface area (Å²) in [5.41, 5.74) is 3.40. The van der Waals surface area contributed by atoms with Crippen molar-refractivity contribution >= 4 is 23.1 Å². The van der Waals surface area contributed by atoms with Crippen LogP contribution in [-0.4, -0.2) is 20.7 Å². The summed E-state index contributed by atoms with van der Waals surface area (Å²) in [6.07, 6.45) is 6.61. The molecule has 2 aromatic carbocycles. The second-order valence-electron chi connectivity index (χ2n) is 5.97. The van der Waals surface area contributed by atoms with Crippen molar-refractivity contribution in [2.24, 2.45) is 0 Å². The van der Waals surface area contributed by atoms with Gasteiger partial charge in [0.15, 0.2) is 12.2 Å². The van der Waals surface area contributed by atoms with Crippen molar-refractivity contribution in [3.8, 4) is 0 Å². The van der Waals surface area contributed by atoms with Gasteiger partial charge in [-0.05, 0) is 23.8 Å². The minimum atomic E-state index is -0.465. The summed E-state index contributed by atoms with van der Waals surface area (Å²) in [7, 11) is 0. The molecule has 0 radical (unpaired) electrons. The monoisotopic (exact) mass is 359 g/mol. The van der Waals surface area contributed by atoms with E-state index in [9.17, 15) is 4.79 Å². The maximum atomic E-state index is 11.9. The Hall–Kier alpha value is -3.67. The summed E-state index contributed by atoms with van der Waals surface area (Å²) in [5, 5.41) is 4.30. The average Bonchev–Trinajstić information content (AvgIpc) is 3.32. The number of nitrogens with zero attached hydrogens (tertiary/aromatic N) is 3. The molecule has 0 saturated carbocycles. The molecule has 2 aromatic heterocycles. The van der Waals surface area contributed by atoms with Gasteiger partial charge in [-0.25, -0.2) is 9.78 Å². The van der Waals surface area contributed by atoms with Crippen molar-refractivity contribution in [2.75, 3.05) is 0 Å². The van der Waals surface area contributed by atoms with E-state index in [1.165, 1.54) is 6.08 Å². The molecule has 4 rings (SSSR count). The SMILES string of the molecule is O=C(/C=C/c1cnn(Cc2ccccc2)c1)OCc1nc2ccccc2o1. The highest BCUT2D eigenvalue weighted by molar-refractivity contribution is 5.86. The predicted octanol–water partition coefficient (Wildman–Crippen LogP) is 3.83. The molecule has 0 aliphatic rings. The fourth-order valence-electron chi connectivity index (χ4n) is 2.65. The molecule has 0 spiro atoms. The summed E-state index contributed by atoms with van der Waals surface area (Å²) in [4.78, 5) is 16.2. The molecular weight excluding hydrogens is 342 g/mol. The first kappa shape index (κ1) is 16.8. The van der Waals surface area contributed by atoms with Gasteiger partial charge in [-0.15, -0.1) is 0 Å². The fraction of sp³-hybridized carbons (Fsp3) is 0.0952. The molecule has 0 saturated heterocycles. The van der Waals surface area contributed by atoms with Crippen LogP contribution in [0.2, 0.25) is 0 Å². The predicted molar refractivity (Wildman–Crippen MR) is 101 cm³/mol. The van der Waals surface area contributed by atoms with Crippen molar-refractivity contribution in [3.63, 3.8) is 0 Å². The van der Waals surface area contributed by atoms with Gasteiger partial charge in [0, 0.05) is 17.8 Å². The topological polar surface area (TPSA) is 70.2 Å². The first-order valence-electron chi connectivity index (χ1n) is 8.52. The molecular formula is C21H17N3O3. The second kappa shape index (κ2) is 7.70. The van der Waals surface area contributed by atoms with Gasteiger partial charge in [0.2, 0.25) is 5.89 Å². The zero-order chi connectivity index (χ0) is 18.5. The van der Waals surface area contributed by atoms with E-state index < -0.39 is 5.97 Å². The minimum Gasteiger partial charge on any atom is -0.453 e. The molecule has 0 atom stereocenters. The molecule has 0 aliphatic heterocycles. The van der Waals surface area contributed by atoms with Crippen molar-refractivity contribution in [2.45, 2.75) is 13.2 Å². The van der Waals surface area contributed by atoms with E-state index in [0.717, 1.165) is 16.6 Å². The summed E-state index contributed by atoms with van der Waals surface area (Å²) >= 11 is 0. The molecule has 0 unspecified atom stereocenters. The van der Waals surface area contributed by atoms with Crippen molar-refractivity contribution in [1.29, 1.82) is 0 Å². The van der Waals surface area contributed by atoms with E-state index >= 15 is 0 Å². The Kier molecular flexibility index (Phi) is 4.78. The maximum absolute atomic E-state index is 11.9. The third kappa shape index (κ3) is 4.30. The Bertz CT molecular complexity index is 1050. The summed E-state index contributed by atoms with van der Waals surface area (Å²) in [5.74, 6) is -0.0957. The van der Waals surface area contributed by atoms with Crippen molar-refractivity contribution in [3.05, 3.63) is 90.1 Å². The third-order valence-electron chi connectivity index (χ3n) is 3.93. The van der Waals surface area contributed by atoms with Gasteiger partial charge >= 0.3 is 5.97 Å². The molecule has 0 fully saturated rings. The van der Waals surface area contributed by atoms with Crippen LogP contribution in [0.1, 0.15) is 17.0 Å². The number of esters is 1. The van der Waals surface area contributed by atoms with Crippen LogP contribution in [0.4, 0.5) is 0 Å². The summed E-state index contributed by atoms with van der Waals surface area (Å²) < 4.78 is 12.5. The Morgan fingerprint density at radius 3 is 2.78 bits per heavy atom. The number of fused-ring (bicyclic) bond motifs is 1. The zero-order valence-electron chi connectivity index (χ0n) is 14.5. The van der Waals surface area contributed by atoms with Gasteiger partial charge in [-0.2, -0.15) is 5.10 Å². The smallest absolute Gasteiger partial charge is 0.331 e. The molecule has 6 nitrogen and oxygen atoms in total. The first-order chi connectivity index (χ1) is 13.3. The molecule has 2 heterocycles. The number of para-hydroxylation sites is 2. The largest absolute Gasteiger partial charge is 0.453 e. The molecule has 0 amide bonds. The van der Waals surface area contributed by atoms with E-state index in [4.69, 9.17) is 9.15 Å². The highest BCUT2D eigenvalue weighted by Crippen LogP contribution is 2.15. The van der Waals surface area contributed by atoms with Crippen LogP contribution in [-0.2, 0) is 22.7 Å². The molecule has 0 bridgehead atoms. The number of ether oxygens (including phenoxy) is 1. The number of hydrogen-bond acceptors (Lipinski definition) is 5. The Morgan fingerprint density at radius 2 is 1.93 bits per heavy atom. The Morgan fingerprint density at radius 1 is 1.11 bits per heavy atom. The number of rotatable bonds is 6. The number of carbonyl (C=O) groups is 1. The minimum absolute atomic E-state index is 0.00881. The number of benzene rings is 2. The Labute approximate surface area is 155 Å². The molecule has 0 aliphatic carbocycles. The van der Waals surface area contributed by atoms with Crippen LogP contribution in [0.15, 0.2) is 77.5 Å². The molecule has 4 aromatic rings. The quantitative estimate of drug-likeness (QED) is 0.386. The fourth-order valence-corrected chi connectivity index (χ4v) is 2.65. The summed E-state index contributed by atoms with van der Waals surface area (Å²) in [6, 6.07) is 17.5. The molecule has 134 valence electrons. The van der Waals surface area contributed by atoms with Crippen LogP contribution < -0.4 is 0 Å². The van der Waals surface area contributed by atoms with Gasteiger partial charge in [0.1, 0.15) is 5.52 Å². The number of oxazole rings is 1. The van der Waals surface area contributed by atoms with Crippen molar-refractivity contribution in [1.82, 2.24) is 14.8 Å². The van der Waals surface area contributed by atoms with Crippen LogP contribution in [0, 0.1) is 0 Å². The van der Waals surface area contributed by atoms with E-state index in [1.54, 1.807) is 12.3 Å². The molecule has 6 heteroatoms. The van der Waals surface area contributed by atoms with Crippen LogP contribution in [0.3, 0.4) is 0 Å². The first-order valence-corrected chi connectivity index (χ1v) is 8.52. The standard InChI is InChI=1S/C21H17N3O3/c25-21(26-15-20-23-18-8-4-5-9-19(18)27-20)11-10-17-12-22-24(14-17)13-16-6-2-1-3-7-16/h1-12,14H,13,15H2/b11-10+. The zero-order valence-corrected chi connectivity index (χ0v) is 14.5. The van der Waals surface area contributed by atoms with Gasteiger partial charge in [-0.3, -0.25) is 4.68 Å². The van der Waals surface area contributed by atoms with E-state index in [2.05, 4.69) is 10.1 Å². The van der Waals surface area contributed by atoms with E-state index in [0.29, 0.717) is 18.0 Å². The van der Waals surface area contributed by atoms with Gasteiger partial charge in [-0.1, -0.05) is 42.5 Å². The van der Waals surface area contributed by atoms with E-state index in [-0.39, 0.29) is 6.61 Å². The van der Waals surface area contributed by atoms with E-state index in [1.807, 2.05) is 65.5 Å². The highest BCUT2D eigenvalue weighted by atomic mass is 16.5. The van der Waals surface area contributed by atoms with Gasteiger partial charge in [0.05, 0.1) is 12.7 Å². The number of hydrogen-bond donors (Lipinski definition) is 0. The average molecular weight is 359 g/mol. The highest BCUT2D eigenvalue weighted by Gasteiger charge is 2.07. The lowest BCUT2D eigenvalue weighted by Gasteiger charge is -2.00. The van der Waals surface area contributed by atoms with Crippen molar-refractivity contribution < 1.29 is 13.9 Å². The number of carbonyl (C=O) groups excluding carboxylic acids is 1. The normalized spacial score (nSPS) is 11.3. The lowest BCUT2D eigenvalue weighted by Crippen LogP contribution is -2.00. The van der Waals surface area contributed by atoms with Crippen LogP contribution in [0.25, 0.3) is 17.2 Å². The second-order valence-corrected chi connectivity index (χ2v) is 5.97. The van der Waals surface area contributed by atoms with Gasteiger partial charge < -0.3 is 9.15 Å². The number of aromatic nitrogens is 3. The van der Waals surface area contributed by atoms with Crippen LogP contribution in [0.5, 0.6) is 0 Å². The summed E-state index contributed by atoms with van der Waals surface area (Å²) in [6.45, 7) is 0.669. The van der Waals surface area contributed by atoms with Crippen LogP contribution >= 0.6 is 0 Å². The third-order valence-corrected chi connectivity index (χ3v) is 3.93. The molecule has 27 heavy (non-hydrogen) atoms. The molecule has 0 N–H and O–H groups in total. The lowest BCUT2D eigenvalue weighted by molar-refractivity contribution is -0.139.